The summed E-state index contributed by atoms with van der Waals surface area (Å²) in [5.74, 6) is -0.0207. The van der Waals surface area contributed by atoms with Gasteiger partial charge >= 0.3 is 0 Å². The molecule has 4 nitrogen and oxygen atoms in total. The Labute approximate surface area is 145 Å². The highest BCUT2D eigenvalue weighted by Crippen LogP contribution is 2.36. The number of rotatable bonds is 5. The van der Waals surface area contributed by atoms with Gasteiger partial charge in [-0.05, 0) is 28.0 Å². The van der Waals surface area contributed by atoms with Crippen LogP contribution in [0.3, 0.4) is 0 Å². The van der Waals surface area contributed by atoms with Gasteiger partial charge in [0.05, 0.1) is 0 Å². The maximum absolute atomic E-state index is 11.0. The molecule has 3 aromatic carbocycles. The number of H-pyrrole nitrogens is 1. The first kappa shape index (κ1) is 15.4. The summed E-state index contributed by atoms with van der Waals surface area (Å²) in [6.45, 7) is -0.0482. The number of aromatic amines is 1. The van der Waals surface area contributed by atoms with Gasteiger partial charge in [-0.2, -0.15) is 0 Å². The first-order valence-electron chi connectivity index (χ1n) is 8.39. The molecule has 0 aliphatic heterocycles. The summed E-state index contributed by atoms with van der Waals surface area (Å²) in [6, 6.07) is 22.5. The molecule has 1 atom stereocenters. The molecule has 0 bridgehead atoms. The summed E-state index contributed by atoms with van der Waals surface area (Å²) < 4.78 is 0. The molecule has 0 saturated heterocycles. The molecule has 1 N–H and O–H groups in total. The van der Waals surface area contributed by atoms with Crippen LogP contribution in [0.5, 0.6) is 0 Å². The van der Waals surface area contributed by atoms with Crippen LogP contribution in [0.1, 0.15) is 23.5 Å². The van der Waals surface area contributed by atoms with Crippen molar-refractivity contribution < 1.29 is 4.92 Å². The fourth-order valence-electron chi connectivity index (χ4n) is 3.65. The first-order valence-corrected chi connectivity index (χ1v) is 8.39. The maximum atomic E-state index is 11.0. The zero-order valence-corrected chi connectivity index (χ0v) is 13.7. The third-order valence-corrected chi connectivity index (χ3v) is 4.80. The van der Waals surface area contributed by atoms with E-state index in [1.807, 2.05) is 42.6 Å². The average Bonchev–Trinajstić information content (AvgIpc) is 3.06. The second-order valence-electron chi connectivity index (χ2n) is 6.26. The molecule has 1 aromatic heterocycles. The summed E-state index contributed by atoms with van der Waals surface area (Å²) in [5, 5.41) is 14.5. The van der Waals surface area contributed by atoms with Gasteiger partial charge in [0.15, 0.2) is 0 Å². The van der Waals surface area contributed by atoms with Gasteiger partial charge in [-0.25, -0.2) is 0 Å². The smallest absolute Gasteiger partial charge is 0.204 e. The normalized spacial score (nSPS) is 12.5. The summed E-state index contributed by atoms with van der Waals surface area (Å²) in [5.41, 5.74) is 3.32. The molecule has 0 amide bonds. The second-order valence-corrected chi connectivity index (χ2v) is 6.26. The SMILES string of the molecule is O=[N+]([O-])CC[C@H](c1cccc2ccccc12)c1c[nH]c2ccccc12. The van der Waals surface area contributed by atoms with Gasteiger partial charge in [-0.15, -0.1) is 0 Å². The topological polar surface area (TPSA) is 58.9 Å². The highest BCUT2D eigenvalue weighted by molar-refractivity contribution is 5.89. The molecule has 124 valence electrons. The Hall–Kier alpha value is -3.14. The molecule has 0 saturated carbocycles. The lowest BCUT2D eigenvalue weighted by atomic mass is 9.85. The number of nitrogens with zero attached hydrogens (tertiary/aromatic N) is 1. The van der Waals surface area contributed by atoms with Crippen LogP contribution >= 0.6 is 0 Å². The Morgan fingerprint density at radius 2 is 1.60 bits per heavy atom. The lowest BCUT2D eigenvalue weighted by Crippen LogP contribution is -2.09. The zero-order valence-electron chi connectivity index (χ0n) is 13.7. The van der Waals surface area contributed by atoms with Crippen molar-refractivity contribution in [1.29, 1.82) is 0 Å². The predicted molar refractivity (Wildman–Crippen MR) is 101 cm³/mol. The Morgan fingerprint density at radius 1 is 0.880 bits per heavy atom. The zero-order chi connectivity index (χ0) is 17.2. The summed E-state index contributed by atoms with van der Waals surface area (Å²) in [7, 11) is 0. The van der Waals surface area contributed by atoms with Crippen molar-refractivity contribution in [1.82, 2.24) is 4.98 Å². The molecule has 0 aliphatic rings. The third kappa shape index (κ3) is 2.87. The van der Waals surface area contributed by atoms with E-state index in [4.69, 9.17) is 0 Å². The van der Waals surface area contributed by atoms with Crippen molar-refractivity contribution in [2.24, 2.45) is 0 Å². The largest absolute Gasteiger partial charge is 0.361 e. The van der Waals surface area contributed by atoms with Gasteiger partial charge in [0.1, 0.15) is 0 Å². The molecule has 25 heavy (non-hydrogen) atoms. The number of para-hydroxylation sites is 1. The number of fused-ring (bicyclic) bond motifs is 2. The van der Waals surface area contributed by atoms with E-state index in [-0.39, 0.29) is 17.4 Å². The predicted octanol–water partition coefficient (Wildman–Crippen LogP) is 5.12. The quantitative estimate of drug-likeness (QED) is 0.408. The lowest BCUT2D eigenvalue weighted by Gasteiger charge is -2.18. The van der Waals surface area contributed by atoms with E-state index in [2.05, 4.69) is 35.3 Å². The fourth-order valence-corrected chi connectivity index (χ4v) is 3.65. The van der Waals surface area contributed by atoms with Crippen LogP contribution in [0.25, 0.3) is 21.7 Å². The number of nitro groups is 1. The molecular formula is C21H18N2O2. The van der Waals surface area contributed by atoms with Crippen LogP contribution in [0.15, 0.2) is 72.9 Å². The standard InChI is InChI=1S/C21H18N2O2/c24-23(25)13-12-18(20-14-22-21-11-4-3-9-19(20)21)17-10-5-7-15-6-1-2-8-16(15)17/h1-11,14,18,22H,12-13H2/t18-/m1/s1. The minimum atomic E-state index is -0.229. The van der Waals surface area contributed by atoms with E-state index in [9.17, 15) is 10.1 Å². The van der Waals surface area contributed by atoms with Gasteiger partial charge in [0.2, 0.25) is 6.54 Å². The van der Waals surface area contributed by atoms with Crippen LogP contribution < -0.4 is 0 Å². The number of nitrogens with one attached hydrogen (secondary N) is 1. The van der Waals surface area contributed by atoms with Crippen molar-refractivity contribution >= 4 is 21.7 Å². The van der Waals surface area contributed by atoms with Crippen LogP contribution in [0.2, 0.25) is 0 Å². The maximum Gasteiger partial charge on any atom is 0.204 e. The van der Waals surface area contributed by atoms with Crippen molar-refractivity contribution in [3.8, 4) is 0 Å². The number of hydrogen-bond acceptors (Lipinski definition) is 2. The minimum Gasteiger partial charge on any atom is -0.361 e. The van der Waals surface area contributed by atoms with Crippen LogP contribution in [0.4, 0.5) is 0 Å². The van der Waals surface area contributed by atoms with Crippen LogP contribution in [-0.2, 0) is 0 Å². The molecule has 1 heterocycles. The summed E-state index contributed by atoms with van der Waals surface area (Å²) in [4.78, 5) is 14.1. The Balaban J connectivity index is 1.90. The molecule has 0 fully saturated rings. The van der Waals surface area contributed by atoms with E-state index in [0.29, 0.717) is 6.42 Å². The Kier molecular flexibility index (Phi) is 3.94. The third-order valence-electron chi connectivity index (χ3n) is 4.80. The van der Waals surface area contributed by atoms with E-state index < -0.39 is 0 Å². The van der Waals surface area contributed by atoms with Crippen molar-refractivity contribution in [3.05, 3.63) is 94.2 Å². The lowest BCUT2D eigenvalue weighted by molar-refractivity contribution is -0.480. The monoisotopic (exact) mass is 330 g/mol. The molecule has 0 radical (unpaired) electrons. The summed E-state index contributed by atoms with van der Waals surface area (Å²) in [6.07, 6.45) is 2.47. The van der Waals surface area contributed by atoms with E-state index >= 15 is 0 Å². The van der Waals surface area contributed by atoms with Crippen molar-refractivity contribution in [3.63, 3.8) is 0 Å². The van der Waals surface area contributed by atoms with E-state index in [0.717, 1.165) is 32.8 Å². The number of hydrogen-bond donors (Lipinski definition) is 1. The molecule has 4 rings (SSSR count). The minimum absolute atomic E-state index is 0.0207. The Bertz CT molecular complexity index is 1050. The molecule has 0 aliphatic carbocycles. The number of aromatic nitrogens is 1. The fraction of sp³-hybridized carbons (Fsp3) is 0.143. The average molecular weight is 330 g/mol. The van der Waals surface area contributed by atoms with E-state index in [1.54, 1.807) is 0 Å². The molecule has 4 heteroatoms. The van der Waals surface area contributed by atoms with Gasteiger partial charge in [0, 0.05) is 34.4 Å². The second kappa shape index (κ2) is 6.40. The van der Waals surface area contributed by atoms with Gasteiger partial charge in [-0.3, -0.25) is 10.1 Å². The van der Waals surface area contributed by atoms with Crippen molar-refractivity contribution in [2.45, 2.75) is 12.3 Å². The molecular weight excluding hydrogens is 312 g/mol. The van der Waals surface area contributed by atoms with Gasteiger partial charge < -0.3 is 4.98 Å². The number of benzene rings is 3. The first-order chi connectivity index (χ1) is 12.2. The molecule has 0 unspecified atom stereocenters. The van der Waals surface area contributed by atoms with Gasteiger partial charge in [-0.1, -0.05) is 60.7 Å². The van der Waals surface area contributed by atoms with Crippen LogP contribution in [0, 0.1) is 10.1 Å². The van der Waals surface area contributed by atoms with Crippen molar-refractivity contribution in [2.75, 3.05) is 6.54 Å². The van der Waals surface area contributed by atoms with Crippen LogP contribution in [-0.4, -0.2) is 16.5 Å². The van der Waals surface area contributed by atoms with E-state index in [1.165, 1.54) is 0 Å². The highest BCUT2D eigenvalue weighted by Gasteiger charge is 2.21. The summed E-state index contributed by atoms with van der Waals surface area (Å²) >= 11 is 0. The molecule has 0 spiro atoms. The Morgan fingerprint density at radius 3 is 2.44 bits per heavy atom. The molecule has 4 aromatic rings. The highest BCUT2D eigenvalue weighted by atomic mass is 16.6. The van der Waals surface area contributed by atoms with Gasteiger partial charge in [0.25, 0.3) is 0 Å².